The van der Waals surface area contributed by atoms with E-state index in [-0.39, 0.29) is 11.2 Å². The van der Waals surface area contributed by atoms with Gasteiger partial charge in [0.2, 0.25) is 0 Å². The quantitative estimate of drug-likeness (QED) is 0.236. The summed E-state index contributed by atoms with van der Waals surface area (Å²) in [4.78, 5) is 0. The Labute approximate surface area is 172 Å². The molecule has 0 bridgehead atoms. The van der Waals surface area contributed by atoms with Gasteiger partial charge in [-0.25, -0.2) is 17.6 Å². The van der Waals surface area contributed by atoms with E-state index < -0.39 is 35.4 Å². The highest BCUT2D eigenvalue weighted by Gasteiger charge is 2.19. The molecule has 11 heteroatoms. The second kappa shape index (κ2) is 8.34. The monoisotopic (exact) mass is 448 g/mol. The third kappa shape index (κ3) is 4.54. The maximum Gasteiger partial charge on any atom is 0.194 e. The average Bonchev–Trinajstić information content (AvgIpc) is 3.06. The van der Waals surface area contributed by atoms with E-state index in [0.29, 0.717) is 21.4 Å². The van der Waals surface area contributed by atoms with E-state index in [1.54, 1.807) is 12.1 Å². The van der Waals surface area contributed by atoms with Crippen LogP contribution in [0.4, 0.5) is 28.9 Å². The second-order valence-electron chi connectivity index (χ2n) is 5.58. The summed E-state index contributed by atoms with van der Waals surface area (Å²) >= 11 is 17.0. The molecule has 1 heterocycles. The predicted octanol–water partition coefficient (Wildman–Crippen LogP) is 5.60. The van der Waals surface area contributed by atoms with Crippen molar-refractivity contribution in [1.82, 2.24) is 9.78 Å². The number of rotatable bonds is 4. The Kier molecular flexibility index (Phi) is 6.07. The van der Waals surface area contributed by atoms with Gasteiger partial charge in [-0.1, -0.05) is 23.2 Å². The molecule has 3 rings (SSSR count). The normalized spacial score (nSPS) is 10.8. The van der Waals surface area contributed by atoms with Gasteiger partial charge in [-0.3, -0.25) is 4.68 Å². The summed E-state index contributed by atoms with van der Waals surface area (Å²) in [6.07, 6.45) is 2.73. The lowest BCUT2D eigenvalue weighted by atomic mass is 10.2. The van der Waals surface area contributed by atoms with Gasteiger partial charge in [0, 0.05) is 22.8 Å². The van der Waals surface area contributed by atoms with Crippen LogP contribution >= 0.6 is 35.4 Å². The minimum Gasteiger partial charge on any atom is -0.331 e. The van der Waals surface area contributed by atoms with E-state index in [9.17, 15) is 17.6 Å². The molecule has 2 aromatic carbocycles. The summed E-state index contributed by atoms with van der Waals surface area (Å²) in [5.41, 5.74) is 0.259. The van der Waals surface area contributed by atoms with E-state index in [1.165, 1.54) is 18.5 Å². The summed E-state index contributed by atoms with van der Waals surface area (Å²) in [6.45, 7) is -0.445. The summed E-state index contributed by atoms with van der Waals surface area (Å²) in [7, 11) is 0. The zero-order valence-electron chi connectivity index (χ0n) is 13.7. The van der Waals surface area contributed by atoms with Gasteiger partial charge in [-0.2, -0.15) is 5.10 Å². The molecule has 146 valence electrons. The second-order valence-corrected chi connectivity index (χ2v) is 6.83. The molecule has 4 nitrogen and oxygen atoms in total. The van der Waals surface area contributed by atoms with E-state index in [2.05, 4.69) is 15.7 Å². The van der Waals surface area contributed by atoms with Gasteiger partial charge in [0.15, 0.2) is 22.6 Å². The topological polar surface area (TPSA) is 41.9 Å². The van der Waals surface area contributed by atoms with Crippen LogP contribution in [0.2, 0.25) is 10.0 Å². The minimum atomic E-state index is -1.74. The molecule has 0 saturated carbocycles. The maximum atomic E-state index is 13.8. The highest BCUT2D eigenvalue weighted by Crippen LogP contribution is 2.25. The standard InChI is InChI=1S/C17H10Cl2F4N4S/c18-8-1-2-14(11(19)3-8)26-17(28)25-9-5-24-27(6-9)7-10-12(20)4-13(21)16(23)15(10)22/h1-6H,7H2,(H2,25,26,28). The van der Waals surface area contributed by atoms with Crippen molar-refractivity contribution in [3.8, 4) is 0 Å². The third-order valence-electron chi connectivity index (χ3n) is 3.60. The van der Waals surface area contributed by atoms with Crippen molar-refractivity contribution in [3.05, 3.63) is 75.5 Å². The van der Waals surface area contributed by atoms with Crippen LogP contribution in [-0.4, -0.2) is 14.9 Å². The van der Waals surface area contributed by atoms with Crippen molar-refractivity contribution in [1.29, 1.82) is 0 Å². The van der Waals surface area contributed by atoms with Gasteiger partial charge in [-0.05, 0) is 30.4 Å². The maximum absolute atomic E-state index is 13.8. The van der Waals surface area contributed by atoms with Crippen molar-refractivity contribution >= 4 is 51.9 Å². The van der Waals surface area contributed by atoms with Gasteiger partial charge in [0.25, 0.3) is 0 Å². The zero-order valence-corrected chi connectivity index (χ0v) is 16.1. The Morgan fingerprint density at radius 3 is 2.50 bits per heavy atom. The number of benzene rings is 2. The number of nitrogens with zero attached hydrogens (tertiary/aromatic N) is 2. The lowest BCUT2D eigenvalue weighted by Gasteiger charge is -2.10. The van der Waals surface area contributed by atoms with E-state index in [0.717, 1.165) is 4.68 Å². The van der Waals surface area contributed by atoms with Crippen LogP contribution in [0.15, 0.2) is 36.7 Å². The number of hydrogen-bond donors (Lipinski definition) is 2. The number of thiocarbonyl (C=S) groups is 1. The molecule has 0 saturated heterocycles. The van der Waals surface area contributed by atoms with Crippen molar-refractivity contribution in [2.75, 3.05) is 10.6 Å². The molecule has 28 heavy (non-hydrogen) atoms. The van der Waals surface area contributed by atoms with Crippen LogP contribution in [-0.2, 0) is 6.54 Å². The van der Waals surface area contributed by atoms with Crippen LogP contribution < -0.4 is 10.6 Å². The van der Waals surface area contributed by atoms with E-state index >= 15 is 0 Å². The number of halogens is 6. The number of aromatic nitrogens is 2. The molecule has 0 atom stereocenters. The Bertz CT molecular complexity index is 1060. The first kappa shape index (κ1) is 20.4. The molecule has 0 aliphatic heterocycles. The van der Waals surface area contributed by atoms with Crippen LogP contribution in [0.1, 0.15) is 5.56 Å². The highest BCUT2D eigenvalue weighted by molar-refractivity contribution is 7.80. The third-order valence-corrected chi connectivity index (χ3v) is 4.35. The molecule has 0 amide bonds. The van der Waals surface area contributed by atoms with Gasteiger partial charge in [-0.15, -0.1) is 0 Å². The summed E-state index contributed by atoms with van der Waals surface area (Å²) < 4.78 is 55.0. The SMILES string of the molecule is Fc1cc(F)c(Cn2cc(NC(=S)Nc3ccc(Cl)cc3Cl)cn2)c(F)c1F. The summed E-state index contributed by atoms with van der Waals surface area (Å²) in [5, 5.41) is 10.6. The molecule has 3 aromatic rings. The zero-order chi connectivity index (χ0) is 20.4. The van der Waals surface area contributed by atoms with Crippen LogP contribution in [0.5, 0.6) is 0 Å². The first-order valence-corrected chi connectivity index (χ1v) is 8.78. The van der Waals surface area contributed by atoms with Gasteiger partial charge < -0.3 is 10.6 Å². The van der Waals surface area contributed by atoms with Crippen molar-refractivity contribution < 1.29 is 17.6 Å². The molecule has 0 spiro atoms. The van der Waals surface area contributed by atoms with Crippen LogP contribution in [0, 0.1) is 23.3 Å². The highest BCUT2D eigenvalue weighted by atomic mass is 35.5. The van der Waals surface area contributed by atoms with Gasteiger partial charge in [0.05, 0.1) is 29.1 Å². The lowest BCUT2D eigenvalue weighted by Crippen LogP contribution is -2.19. The first-order chi connectivity index (χ1) is 13.2. The molecular weight excluding hydrogens is 439 g/mol. The van der Waals surface area contributed by atoms with Gasteiger partial charge in [0.1, 0.15) is 5.82 Å². The van der Waals surface area contributed by atoms with E-state index in [4.69, 9.17) is 35.4 Å². The smallest absolute Gasteiger partial charge is 0.194 e. The number of hydrogen-bond acceptors (Lipinski definition) is 2. The van der Waals surface area contributed by atoms with Crippen LogP contribution in [0.25, 0.3) is 0 Å². The van der Waals surface area contributed by atoms with Crippen molar-refractivity contribution in [3.63, 3.8) is 0 Å². The Morgan fingerprint density at radius 1 is 1.04 bits per heavy atom. The van der Waals surface area contributed by atoms with Crippen LogP contribution in [0.3, 0.4) is 0 Å². The molecule has 0 unspecified atom stereocenters. The number of anilines is 2. The fourth-order valence-electron chi connectivity index (χ4n) is 2.30. The Hall–Kier alpha value is -2.36. The largest absolute Gasteiger partial charge is 0.331 e. The van der Waals surface area contributed by atoms with E-state index in [1.807, 2.05) is 0 Å². The Morgan fingerprint density at radius 2 is 1.79 bits per heavy atom. The first-order valence-electron chi connectivity index (χ1n) is 7.62. The molecule has 2 N–H and O–H groups in total. The van der Waals surface area contributed by atoms with Gasteiger partial charge >= 0.3 is 0 Å². The fraction of sp³-hybridized carbons (Fsp3) is 0.0588. The molecule has 0 aliphatic carbocycles. The minimum absolute atomic E-state index is 0.175. The Balaban J connectivity index is 1.69. The van der Waals surface area contributed by atoms with Crippen molar-refractivity contribution in [2.45, 2.75) is 6.54 Å². The number of nitrogens with one attached hydrogen (secondary N) is 2. The molecule has 0 fully saturated rings. The predicted molar refractivity (Wildman–Crippen MR) is 104 cm³/mol. The molecule has 0 aliphatic rings. The average molecular weight is 449 g/mol. The lowest BCUT2D eigenvalue weighted by molar-refractivity contribution is 0.420. The molecular formula is C17H10Cl2F4N4S. The van der Waals surface area contributed by atoms with Crippen molar-refractivity contribution in [2.24, 2.45) is 0 Å². The molecule has 0 radical (unpaired) electrons. The summed E-state index contributed by atoms with van der Waals surface area (Å²) in [5.74, 6) is -6.15. The molecule has 1 aromatic heterocycles. The summed E-state index contributed by atoms with van der Waals surface area (Å²) in [6, 6.07) is 5.08. The fourth-order valence-corrected chi connectivity index (χ4v) is 2.98.